The maximum Gasteiger partial charge on any atom is 0.164 e. The van der Waals surface area contributed by atoms with Crippen molar-refractivity contribution in [3.05, 3.63) is 97.1 Å². The van der Waals surface area contributed by atoms with Crippen LogP contribution in [-0.2, 0) is 0 Å². The lowest BCUT2D eigenvalue weighted by Crippen LogP contribution is -2.49. The molecule has 9 aromatic rings. The average Bonchev–Trinajstić information content (AvgIpc) is 3.74. The first-order valence-corrected chi connectivity index (χ1v) is 16.3. The third-order valence-electron chi connectivity index (χ3n) is 9.64. The number of benzene rings is 6. The summed E-state index contributed by atoms with van der Waals surface area (Å²) in [6.07, 6.45) is 0. The fraction of sp³-hybridized carbons (Fsp3) is 0. The van der Waals surface area contributed by atoms with Crippen LogP contribution in [0.2, 0.25) is 0 Å². The molecule has 222 valence electrons. The second kappa shape index (κ2) is 12.0. The molecule has 0 atom stereocenters. The van der Waals surface area contributed by atoms with E-state index in [1.54, 1.807) is 0 Å². The van der Waals surface area contributed by atoms with Crippen molar-refractivity contribution < 1.29 is 4.42 Å². The van der Waals surface area contributed by atoms with E-state index in [1.165, 1.54) is 0 Å². The Morgan fingerprint density at radius 1 is 0.423 bits per heavy atom. The molecule has 0 unspecified atom stereocenters. The Bertz CT molecular complexity index is 2810. The largest absolute Gasteiger partial charge is 0.456 e. The maximum absolute atomic E-state index is 6.66. The zero-order valence-corrected chi connectivity index (χ0v) is 27.6. The summed E-state index contributed by atoms with van der Waals surface area (Å²) in [5, 5.41) is 2.57. The van der Waals surface area contributed by atoms with E-state index in [0.717, 1.165) is 27.5 Å². The Balaban J connectivity index is 1.31. The normalized spacial score (nSPS) is 11.7. The number of hydrogen-bond donors (Lipinski definition) is 0. The molecule has 52 heavy (non-hydrogen) atoms. The van der Waals surface area contributed by atoms with Crippen molar-refractivity contribution in [3.63, 3.8) is 0 Å². The molecule has 0 aliphatic carbocycles. The number of fused-ring (bicyclic) bond motifs is 6. The van der Waals surface area contributed by atoms with Gasteiger partial charge in [-0.25, -0.2) is 15.0 Å². The van der Waals surface area contributed by atoms with Gasteiger partial charge in [0.25, 0.3) is 0 Å². The first-order chi connectivity index (χ1) is 25.1. The molecule has 0 fully saturated rings. The highest BCUT2D eigenvalue weighted by atomic mass is 16.3. The van der Waals surface area contributed by atoms with Gasteiger partial charge in [0.05, 0.1) is 0 Å². The number of nitrogens with zero attached hydrogens (tertiary/aromatic N) is 4. The lowest BCUT2D eigenvalue weighted by atomic mass is 9.63. The first-order valence-electron chi connectivity index (χ1n) is 16.3. The number of furan rings is 1. The van der Waals surface area contributed by atoms with Gasteiger partial charge in [0, 0.05) is 50.2 Å². The van der Waals surface area contributed by atoms with Crippen LogP contribution in [0.1, 0.15) is 0 Å². The quantitative estimate of drug-likeness (QED) is 0.258. The molecule has 9 rings (SSSR count). The summed E-state index contributed by atoms with van der Waals surface area (Å²) in [4.78, 5) is 14.8. The minimum Gasteiger partial charge on any atom is -0.456 e. The van der Waals surface area contributed by atoms with Gasteiger partial charge in [0.15, 0.2) is 17.5 Å². The van der Waals surface area contributed by atoms with Crippen LogP contribution in [0.25, 0.3) is 83.6 Å². The summed E-state index contributed by atoms with van der Waals surface area (Å²) < 4.78 is 8.33. The molecule has 0 saturated carbocycles. The first kappa shape index (κ1) is 32.4. The van der Waals surface area contributed by atoms with Crippen LogP contribution in [0, 0.1) is 0 Å². The van der Waals surface area contributed by atoms with E-state index in [2.05, 4.69) is 0 Å². The highest BCUT2D eigenvalue weighted by Gasteiger charge is 2.24. The SMILES string of the molecule is [B]c1c([B])c([B])c2c(c1[B])c1c([B])c([B])c([B])c([B])c1n2-c1ccc2c(c1)oc1cccc(-c3nc(-c4ccccc4)nc(-c4ccccc4)n3)c12. The second-order valence-electron chi connectivity index (χ2n) is 12.6. The predicted octanol–water partition coefficient (Wildman–Crippen LogP) is 0.220. The van der Waals surface area contributed by atoms with Crippen LogP contribution in [-0.4, -0.2) is 82.3 Å². The fourth-order valence-corrected chi connectivity index (χ4v) is 7.04. The fourth-order valence-electron chi connectivity index (χ4n) is 7.04. The lowest BCUT2D eigenvalue weighted by molar-refractivity contribution is 0.668. The zero-order chi connectivity index (χ0) is 36.0. The Hall–Kier alpha value is -5.55. The van der Waals surface area contributed by atoms with Crippen molar-refractivity contribution in [3.8, 4) is 39.9 Å². The van der Waals surface area contributed by atoms with Crippen LogP contribution in [0.4, 0.5) is 0 Å². The molecule has 5 nitrogen and oxygen atoms in total. The van der Waals surface area contributed by atoms with Crippen molar-refractivity contribution in [2.75, 3.05) is 0 Å². The molecule has 3 aromatic heterocycles. The van der Waals surface area contributed by atoms with Crippen molar-refractivity contribution >= 4 is 150 Å². The molecule has 3 heterocycles. The lowest BCUT2D eigenvalue weighted by Gasteiger charge is -2.17. The molecule has 6 aromatic carbocycles. The summed E-state index contributed by atoms with van der Waals surface area (Å²) in [7, 11) is 51.9. The minimum atomic E-state index is 0.127. The average molecular weight is 643 g/mol. The smallest absolute Gasteiger partial charge is 0.164 e. The maximum atomic E-state index is 6.66. The van der Waals surface area contributed by atoms with E-state index in [1.807, 2.05) is 102 Å². The van der Waals surface area contributed by atoms with Crippen LogP contribution >= 0.6 is 0 Å². The number of aromatic nitrogens is 4. The van der Waals surface area contributed by atoms with Crippen LogP contribution in [0.15, 0.2) is 101 Å². The highest BCUT2D eigenvalue weighted by Crippen LogP contribution is 2.38. The van der Waals surface area contributed by atoms with Gasteiger partial charge in [-0.1, -0.05) is 94.6 Å². The summed E-state index contributed by atoms with van der Waals surface area (Å²) in [5.41, 5.74) is 6.52. The van der Waals surface area contributed by atoms with E-state index in [-0.39, 0.29) is 43.7 Å². The summed E-state index contributed by atoms with van der Waals surface area (Å²) >= 11 is 0. The van der Waals surface area contributed by atoms with Crippen LogP contribution in [0.5, 0.6) is 0 Å². The molecule has 0 amide bonds. The van der Waals surface area contributed by atoms with E-state index < -0.39 is 0 Å². The monoisotopic (exact) mass is 644 g/mol. The van der Waals surface area contributed by atoms with Crippen LogP contribution < -0.4 is 43.7 Å². The van der Waals surface area contributed by atoms with Gasteiger partial charge in [0.2, 0.25) is 0 Å². The van der Waals surface area contributed by atoms with Crippen molar-refractivity contribution in [2.45, 2.75) is 0 Å². The van der Waals surface area contributed by atoms with E-state index in [9.17, 15) is 0 Å². The molecule has 0 aliphatic rings. The van der Waals surface area contributed by atoms with Gasteiger partial charge in [-0.2, -0.15) is 0 Å². The van der Waals surface area contributed by atoms with E-state index in [4.69, 9.17) is 82.1 Å². The summed E-state index contributed by atoms with van der Waals surface area (Å²) in [6.45, 7) is 0. The molecule has 0 bridgehead atoms. The van der Waals surface area contributed by atoms with Crippen molar-refractivity contribution in [1.29, 1.82) is 0 Å². The zero-order valence-electron chi connectivity index (χ0n) is 27.6. The second-order valence-corrected chi connectivity index (χ2v) is 12.6. The Labute approximate surface area is 309 Å². The molecule has 0 spiro atoms. The standard InChI is InChI=1S/C39H16B8N4O/c40-27-25-26-28(41)30(43)32(45)34(47)36(26)51(35(25)33(46)31(44)29(27)42)19-14-15-20-23(16-19)52-22-13-7-12-21(24(20)22)39-49-37(17-8-3-1-4-9-17)48-38(50-39)18-10-5-2-6-11-18/h1-16H. The summed E-state index contributed by atoms with van der Waals surface area (Å²) in [6, 6.07) is 31.2. The highest BCUT2D eigenvalue weighted by molar-refractivity contribution is 6.71. The Kier molecular flexibility index (Phi) is 7.48. The van der Waals surface area contributed by atoms with Crippen molar-refractivity contribution in [2.24, 2.45) is 0 Å². The van der Waals surface area contributed by atoms with E-state index in [0.29, 0.717) is 56.1 Å². The third kappa shape index (κ3) is 4.71. The molecule has 0 N–H and O–H groups in total. The van der Waals surface area contributed by atoms with Gasteiger partial charge in [-0.3, -0.25) is 0 Å². The molecular weight excluding hydrogens is 627 g/mol. The van der Waals surface area contributed by atoms with Gasteiger partial charge in [-0.05, 0) is 29.0 Å². The molecule has 0 aliphatic heterocycles. The van der Waals surface area contributed by atoms with E-state index >= 15 is 0 Å². The number of rotatable bonds is 4. The van der Waals surface area contributed by atoms with Crippen molar-refractivity contribution in [1.82, 2.24) is 19.5 Å². The molecule has 0 saturated heterocycles. The molecule has 13 heteroatoms. The number of hydrogen-bond acceptors (Lipinski definition) is 4. The Morgan fingerprint density at radius 2 is 0.923 bits per heavy atom. The molecule has 16 radical (unpaired) electrons. The predicted molar refractivity (Wildman–Crippen MR) is 221 cm³/mol. The summed E-state index contributed by atoms with van der Waals surface area (Å²) in [5.74, 6) is 1.60. The van der Waals surface area contributed by atoms with Gasteiger partial charge in [-0.15, -0.1) is 21.9 Å². The third-order valence-corrected chi connectivity index (χ3v) is 9.64. The van der Waals surface area contributed by atoms with Gasteiger partial charge < -0.3 is 8.98 Å². The van der Waals surface area contributed by atoms with Gasteiger partial charge >= 0.3 is 0 Å². The van der Waals surface area contributed by atoms with Gasteiger partial charge in [0.1, 0.15) is 73.9 Å². The molecular formula is C39H16B8N4O. The van der Waals surface area contributed by atoms with Crippen LogP contribution in [0.3, 0.4) is 0 Å². The minimum absolute atomic E-state index is 0.127. The topological polar surface area (TPSA) is 56.7 Å². The Morgan fingerprint density at radius 3 is 1.46 bits per heavy atom.